The highest BCUT2D eigenvalue weighted by Crippen LogP contribution is 2.16. The van der Waals surface area contributed by atoms with E-state index in [1.54, 1.807) is 6.07 Å². The monoisotopic (exact) mass is 373 g/mol. The van der Waals surface area contributed by atoms with Crippen molar-refractivity contribution < 1.29 is 13.8 Å². The van der Waals surface area contributed by atoms with Crippen LogP contribution in [-0.4, -0.2) is 56.4 Å². The molecule has 0 aliphatic carbocycles. The van der Waals surface area contributed by atoms with Crippen molar-refractivity contribution in [2.24, 2.45) is 5.10 Å². The van der Waals surface area contributed by atoms with Crippen LogP contribution in [0.15, 0.2) is 34.0 Å². The third-order valence-corrected chi connectivity index (χ3v) is 3.37. The van der Waals surface area contributed by atoms with Crippen molar-refractivity contribution in [3.8, 4) is 5.82 Å². The zero-order valence-electron chi connectivity index (χ0n) is 14.5. The van der Waals surface area contributed by atoms with Crippen LogP contribution in [0.3, 0.4) is 0 Å². The van der Waals surface area contributed by atoms with Crippen molar-refractivity contribution in [3.63, 3.8) is 0 Å². The molecule has 0 spiro atoms. The fourth-order valence-electron chi connectivity index (χ4n) is 2.23. The van der Waals surface area contributed by atoms with E-state index in [0.717, 1.165) is 0 Å². The Kier molecular flexibility index (Phi) is 5.17. The van der Waals surface area contributed by atoms with Gasteiger partial charge in [-0.1, -0.05) is 17.3 Å². The Bertz CT molecular complexity index is 979. The molecule has 27 heavy (non-hydrogen) atoms. The van der Waals surface area contributed by atoms with Gasteiger partial charge in [-0.2, -0.15) is 9.78 Å². The van der Waals surface area contributed by atoms with Crippen molar-refractivity contribution in [1.29, 1.82) is 0 Å². The molecule has 0 aliphatic rings. The van der Waals surface area contributed by atoms with Crippen LogP contribution in [0.4, 0.5) is 10.2 Å². The first kappa shape index (κ1) is 18.1. The molecule has 3 rings (SSSR count). The van der Waals surface area contributed by atoms with Gasteiger partial charge in [-0.15, -0.1) is 5.10 Å². The summed E-state index contributed by atoms with van der Waals surface area (Å²) in [5.74, 6) is -0.862. The molecule has 2 aromatic heterocycles. The van der Waals surface area contributed by atoms with Gasteiger partial charge in [0.2, 0.25) is 11.6 Å². The van der Waals surface area contributed by atoms with E-state index in [1.807, 2.05) is 19.0 Å². The highest BCUT2D eigenvalue weighted by molar-refractivity contribution is 5.94. The molecule has 0 unspecified atom stereocenters. The molecule has 11 nitrogen and oxygen atoms in total. The molecule has 0 radical (unpaired) electrons. The molecule has 0 saturated heterocycles. The summed E-state index contributed by atoms with van der Waals surface area (Å²) in [5.41, 5.74) is 8.97. The Balaban J connectivity index is 1.84. The third-order valence-electron chi connectivity index (χ3n) is 3.37. The predicted octanol–water partition coefficient (Wildman–Crippen LogP) is 0.197. The summed E-state index contributed by atoms with van der Waals surface area (Å²) in [6, 6.07) is 5.78. The number of halogens is 1. The number of hydrogen-bond acceptors (Lipinski definition) is 9. The number of rotatable bonds is 6. The quantitative estimate of drug-likeness (QED) is 0.461. The fraction of sp³-hybridized carbons (Fsp3) is 0.200. The number of hydrazone groups is 1. The molecule has 0 fully saturated rings. The molecule has 3 aromatic rings. The molecule has 2 heterocycles. The number of nitrogens with two attached hydrogens (primary N) is 1. The second-order valence-corrected chi connectivity index (χ2v) is 5.76. The van der Waals surface area contributed by atoms with E-state index >= 15 is 0 Å². The van der Waals surface area contributed by atoms with Gasteiger partial charge in [0.05, 0.1) is 11.9 Å². The molecule has 0 saturated carbocycles. The van der Waals surface area contributed by atoms with E-state index in [4.69, 9.17) is 5.73 Å². The number of hydrogen-bond donors (Lipinski definition) is 2. The average Bonchev–Trinajstić information content (AvgIpc) is 3.20. The smallest absolute Gasteiger partial charge is 0.293 e. The van der Waals surface area contributed by atoms with Crippen LogP contribution in [0.2, 0.25) is 0 Å². The average molecular weight is 373 g/mol. The van der Waals surface area contributed by atoms with E-state index in [9.17, 15) is 9.18 Å². The summed E-state index contributed by atoms with van der Waals surface area (Å²) < 4.78 is 19.0. The highest BCUT2D eigenvalue weighted by Gasteiger charge is 2.24. The minimum Gasteiger partial charge on any atom is -0.378 e. The van der Waals surface area contributed by atoms with E-state index < -0.39 is 11.7 Å². The molecule has 140 valence electrons. The lowest BCUT2D eigenvalue weighted by Gasteiger charge is -2.11. The summed E-state index contributed by atoms with van der Waals surface area (Å²) in [4.78, 5) is 14.3. The van der Waals surface area contributed by atoms with Gasteiger partial charge >= 0.3 is 0 Å². The maximum atomic E-state index is 13.2. The Labute approximate surface area is 152 Å². The first-order valence-corrected chi connectivity index (χ1v) is 7.72. The van der Waals surface area contributed by atoms with Gasteiger partial charge in [-0.05, 0) is 42.1 Å². The van der Waals surface area contributed by atoms with Crippen LogP contribution in [-0.2, 0) is 6.54 Å². The van der Waals surface area contributed by atoms with Gasteiger partial charge < -0.3 is 10.6 Å². The molecule has 1 amide bonds. The fourth-order valence-corrected chi connectivity index (χ4v) is 2.23. The highest BCUT2D eigenvalue weighted by atomic mass is 19.1. The van der Waals surface area contributed by atoms with Gasteiger partial charge in [0.15, 0.2) is 5.69 Å². The van der Waals surface area contributed by atoms with E-state index in [2.05, 4.69) is 35.8 Å². The summed E-state index contributed by atoms with van der Waals surface area (Å²) >= 11 is 0. The Hall–Kier alpha value is -3.67. The third kappa shape index (κ3) is 4.12. The van der Waals surface area contributed by atoms with Crippen molar-refractivity contribution in [3.05, 3.63) is 47.0 Å². The van der Waals surface area contributed by atoms with Crippen LogP contribution < -0.4 is 11.2 Å². The number of nitrogens with zero attached hydrogens (tertiary/aromatic N) is 7. The standard InChI is InChI=1S/C15H16FN9O2/c1-24(2)8-11-12(19-23-25(11)14-13(17)21-27-22-14)15(26)20-18-7-9-4-3-5-10(16)6-9/h3-7H,8H2,1-2H3,(H2,17,21)(H,20,26)/b18-7+. The first-order valence-electron chi connectivity index (χ1n) is 7.72. The molecule has 0 bridgehead atoms. The lowest BCUT2D eigenvalue weighted by molar-refractivity contribution is 0.0948. The van der Waals surface area contributed by atoms with Crippen LogP contribution in [0.5, 0.6) is 0 Å². The van der Waals surface area contributed by atoms with Gasteiger partial charge in [-0.3, -0.25) is 4.79 Å². The summed E-state index contributed by atoms with van der Waals surface area (Å²) in [5, 5.41) is 18.8. The Morgan fingerprint density at radius 2 is 2.26 bits per heavy atom. The molecular formula is C15H16FN9O2. The topological polar surface area (TPSA) is 140 Å². The number of aromatic nitrogens is 5. The van der Waals surface area contributed by atoms with E-state index in [-0.39, 0.29) is 17.3 Å². The second-order valence-electron chi connectivity index (χ2n) is 5.76. The van der Waals surface area contributed by atoms with Gasteiger partial charge in [-0.25, -0.2) is 14.4 Å². The number of carbonyl (C=O) groups excluding carboxylic acids is 1. The number of amides is 1. The minimum atomic E-state index is -0.597. The lowest BCUT2D eigenvalue weighted by Crippen LogP contribution is -2.23. The summed E-state index contributed by atoms with van der Waals surface area (Å²) in [6.45, 7) is 0.315. The van der Waals surface area contributed by atoms with Gasteiger partial charge in [0.1, 0.15) is 5.82 Å². The number of nitrogen functional groups attached to an aromatic ring is 1. The maximum absolute atomic E-state index is 13.2. The normalized spacial score (nSPS) is 11.4. The predicted molar refractivity (Wildman–Crippen MR) is 92.5 cm³/mol. The van der Waals surface area contributed by atoms with Crippen LogP contribution in [0.25, 0.3) is 5.82 Å². The van der Waals surface area contributed by atoms with Crippen molar-refractivity contribution >= 4 is 17.9 Å². The second kappa shape index (κ2) is 7.70. The maximum Gasteiger partial charge on any atom is 0.293 e. The Morgan fingerprint density at radius 1 is 1.44 bits per heavy atom. The van der Waals surface area contributed by atoms with Crippen LogP contribution in [0.1, 0.15) is 21.7 Å². The van der Waals surface area contributed by atoms with Crippen molar-refractivity contribution in [2.75, 3.05) is 19.8 Å². The van der Waals surface area contributed by atoms with Gasteiger partial charge in [0.25, 0.3) is 5.91 Å². The molecule has 12 heteroatoms. The molecule has 0 aliphatic heterocycles. The zero-order chi connectivity index (χ0) is 19.4. The SMILES string of the molecule is CN(C)Cc1c(C(=O)N/N=C/c2cccc(F)c2)nnn1-c1nonc1N. The van der Waals surface area contributed by atoms with Crippen LogP contribution in [0, 0.1) is 5.82 Å². The molecule has 3 N–H and O–H groups in total. The summed E-state index contributed by atoms with van der Waals surface area (Å²) in [7, 11) is 3.62. The molecule has 1 aromatic carbocycles. The number of anilines is 1. The summed E-state index contributed by atoms with van der Waals surface area (Å²) in [6.07, 6.45) is 1.32. The van der Waals surface area contributed by atoms with Gasteiger partial charge in [0, 0.05) is 6.54 Å². The van der Waals surface area contributed by atoms with Crippen LogP contribution >= 0.6 is 0 Å². The zero-order valence-corrected chi connectivity index (χ0v) is 14.5. The molecular weight excluding hydrogens is 357 g/mol. The first-order chi connectivity index (χ1) is 13.0. The van der Waals surface area contributed by atoms with E-state index in [1.165, 1.54) is 29.1 Å². The van der Waals surface area contributed by atoms with E-state index in [0.29, 0.717) is 17.8 Å². The number of benzene rings is 1. The Morgan fingerprint density at radius 3 is 2.93 bits per heavy atom. The largest absolute Gasteiger partial charge is 0.378 e. The van der Waals surface area contributed by atoms with Crippen molar-refractivity contribution in [1.82, 2.24) is 35.6 Å². The minimum absolute atomic E-state index is 0.0102. The number of carbonyl (C=O) groups is 1. The molecule has 0 atom stereocenters. The lowest BCUT2D eigenvalue weighted by atomic mass is 10.2. The van der Waals surface area contributed by atoms with Crippen molar-refractivity contribution in [2.45, 2.75) is 6.54 Å². The number of nitrogens with one attached hydrogen (secondary N) is 1.